The Hall–Kier alpha value is -2.02. The molecule has 4 nitrogen and oxygen atoms in total. The first kappa shape index (κ1) is 16.0. The van der Waals surface area contributed by atoms with E-state index in [0.717, 1.165) is 0 Å². The number of urea groups is 1. The summed E-state index contributed by atoms with van der Waals surface area (Å²) < 4.78 is 0. The van der Waals surface area contributed by atoms with Crippen LogP contribution in [-0.2, 0) is 5.41 Å². The van der Waals surface area contributed by atoms with Crippen molar-refractivity contribution in [3.63, 3.8) is 0 Å². The normalized spacial score (nSPS) is 14.0. The zero-order chi connectivity index (χ0) is 15.4. The zero-order valence-electron chi connectivity index (χ0n) is 12.9. The average Bonchev–Trinajstić information content (AvgIpc) is 2.38. The van der Waals surface area contributed by atoms with Crippen LogP contribution < -0.4 is 10.6 Å². The highest BCUT2D eigenvalue weighted by Gasteiger charge is 2.23. The van der Waals surface area contributed by atoms with Crippen LogP contribution >= 0.6 is 0 Å². The van der Waals surface area contributed by atoms with Crippen molar-refractivity contribution in [1.82, 2.24) is 5.32 Å². The first-order valence-corrected chi connectivity index (χ1v) is 6.81. The van der Waals surface area contributed by atoms with Gasteiger partial charge in [-0.3, -0.25) is 0 Å². The standard InChI is InChI=1S/C16H23N3O/c1-6-16(5,11-17)19-14(20)18-13-9-7-12(8-10-13)15(2,3)4/h7-10H,6H2,1-5H3,(H2,18,19,20). The van der Waals surface area contributed by atoms with E-state index in [9.17, 15) is 4.79 Å². The molecule has 20 heavy (non-hydrogen) atoms. The summed E-state index contributed by atoms with van der Waals surface area (Å²) in [6.45, 7) is 9.99. The molecule has 4 heteroatoms. The lowest BCUT2D eigenvalue weighted by molar-refractivity contribution is 0.244. The number of benzene rings is 1. The van der Waals surface area contributed by atoms with E-state index in [0.29, 0.717) is 12.1 Å². The number of anilines is 1. The number of hydrogen-bond donors (Lipinski definition) is 2. The van der Waals surface area contributed by atoms with Gasteiger partial charge in [-0.25, -0.2) is 4.79 Å². The zero-order valence-corrected chi connectivity index (χ0v) is 12.9. The van der Waals surface area contributed by atoms with Gasteiger partial charge in [-0.15, -0.1) is 0 Å². The molecule has 0 aliphatic heterocycles. The molecule has 0 radical (unpaired) electrons. The molecule has 1 aromatic carbocycles. The molecule has 1 unspecified atom stereocenters. The fourth-order valence-corrected chi connectivity index (χ4v) is 1.66. The van der Waals surface area contributed by atoms with Crippen molar-refractivity contribution < 1.29 is 4.79 Å². The van der Waals surface area contributed by atoms with Crippen molar-refractivity contribution in [2.24, 2.45) is 0 Å². The third kappa shape index (κ3) is 4.27. The lowest BCUT2D eigenvalue weighted by atomic mass is 9.87. The third-order valence-corrected chi connectivity index (χ3v) is 3.35. The van der Waals surface area contributed by atoms with Crippen molar-refractivity contribution in [2.45, 2.75) is 52.0 Å². The van der Waals surface area contributed by atoms with Crippen molar-refractivity contribution in [3.8, 4) is 6.07 Å². The molecule has 0 heterocycles. The van der Waals surface area contributed by atoms with E-state index in [1.807, 2.05) is 31.2 Å². The first-order chi connectivity index (χ1) is 9.20. The molecule has 1 aromatic rings. The SMILES string of the molecule is CCC(C)(C#N)NC(=O)Nc1ccc(C(C)(C)C)cc1. The molecule has 0 fully saturated rings. The minimum Gasteiger partial charge on any atom is -0.320 e. The summed E-state index contributed by atoms with van der Waals surface area (Å²) in [7, 11) is 0. The number of nitrogens with zero attached hydrogens (tertiary/aromatic N) is 1. The molecule has 2 N–H and O–H groups in total. The van der Waals surface area contributed by atoms with Gasteiger partial charge in [-0.1, -0.05) is 39.8 Å². The minimum atomic E-state index is -0.838. The van der Waals surface area contributed by atoms with Gasteiger partial charge >= 0.3 is 6.03 Å². The van der Waals surface area contributed by atoms with Crippen LogP contribution in [0.1, 0.15) is 46.6 Å². The van der Waals surface area contributed by atoms with Crippen LogP contribution in [0.4, 0.5) is 10.5 Å². The number of amides is 2. The number of nitriles is 1. The Labute approximate surface area is 121 Å². The van der Waals surface area contributed by atoms with Gasteiger partial charge in [0, 0.05) is 5.69 Å². The number of carbonyl (C=O) groups is 1. The molecule has 0 aromatic heterocycles. The Bertz CT molecular complexity index is 508. The summed E-state index contributed by atoms with van der Waals surface area (Å²) in [6, 6.07) is 9.48. The predicted molar refractivity (Wildman–Crippen MR) is 81.6 cm³/mol. The molecule has 0 saturated carbocycles. The van der Waals surface area contributed by atoms with Crippen molar-refractivity contribution in [3.05, 3.63) is 29.8 Å². The van der Waals surface area contributed by atoms with Crippen LogP contribution in [0, 0.1) is 11.3 Å². The molecule has 0 bridgehead atoms. The molecule has 2 amide bonds. The Morgan fingerprint density at radius 2 is 1.75 bits per heavy atom. The molecule has 1 atom stereocenters. The van der Waals surface area contributed by atoms with Crippen LogP contribution in [-0.4, -0.2) is 11.6 Å². The van der Waals surface area contributed by atoms with Gasteiger partial charge in [-0.05, 0) is 36.5 Å². The second-order valence-corrected chi connectivity index (χ2v) is 6.20. The monoisotopic (exact) mass is 273 g/mol. The van der Waals surface area contributed by atoms with E-state index < -0.39 is 5.54 Å². The van der Waals surface area contributed by atoms with Gasteiger partial charge in [0.1, 0.15) is 5.54 Å². The first-order valence-electron chi connectivity index (χ1n) is 6.81. The predicted octanol–water partition coefficient (Wildman–Crippen LogP) is 3.80. The van der Waals surface area contributed by atoms with Gasteiger partial charge < -0.3 is 10.6 Å². The Kier molecular flexibility index (Phi) is 4.78. The average molecular weight is 273 g/mol. The molecular formula is C16H23N3O. The summed E-state index contributed by atoms with van der Waals surface area (Å²) in [6.07, 6.45) is 0.555. The molecule has 0 aliphatic carbocycles. The van der Waals surface area contributed by atoms with Crippen molar-refractivity contribution in [2.75, 3.05) is 5.32 Å². The van der Waals surface area contributed by atoms with Crippen LogP contribution in [0.25, 0.3) is 0 Å². The molecule has 0 aliphatic rings. The molecular weight excluding hydrogens is 250 g/mol. The van der Waals surface area contributed by atoms with E-state index in [1.54, 1.807) is 6.92 Å². The highest BCUT2D eigenvalue weighted by molar-refractivity contribution is 5.90. The van der Waals surface area contributed by atoms with Crippen LogP contribution in [0.5, 0.6) is 0 Å². The van der Waals surface area contributed by atoms with Gasteiger partial charge in [0.25, 0.3) is 0 Å². The molecule has 1 rings (SSSR count). The van der Waals surface area contributed by atoms with E-state index in [4.69, 9.17) is 5.26 Å². The van der Waals surface area contributed by atoms with E-state index in [1.165, 1.54) is 5.56 Å². The highest BCUT2D eigenvalue weighted by Crippen LogP contribution is 2.23. The number of nitrogens with one attached hydrogen (secondary N) is 2. The summed E-state index contributed by atoms with van der Waals surface area (Å²) in [5.41, 5.74) is 1.17. The van der Waals surface area contributed by atoms with Crippen LogP contribution in [0.15, 0.2) is 24.3 Å². The Balaban J connectivity index is 2.71. The topological polar surface area (TPSA) is 64.9 Å². The van der Waals surface area contributed by atoms with Crippen LogP contribution in [0.3, 0.4) is 0 Å². The molecule has 0 spiro atoms. The second-order valence-electron chi connectivity index (χ2n) is 6.20. The smallest absolute Gasteiger partial charge is 0.320 e. The second kappa shape index (κ2) is 5.96. The highest BCUT2D eigenvalue weighted by atomic mass is 16.2. The van der Waals surface area contributed by atoms with E-state index >= 15 is 0 Å². The third-order valence-electron chi connectivity index (χ3n) is 3.35. The maximum Gasteiger partial charge on any atom is 0.320 e. The van der Waals surface area contributed by atoms with Gasteiger partial charge in [-0.2, -0.15) is 5.26 Å². The summed E-state index contributed by atoms with van der Waals surface area (Å²) >= 11 is 0. The summed E-state index contributed by atoms with van der Waals surface area (Å²) in [5, 5.41) is 14.5. The van der Waals surface area contributed by atoms with Crippen molar-refractivity contribution in [1.29, 1.82) is 5.26 Å². The lowest BCUT2D eigenvalue weighted by Gasteiger charge is -2.22. The summed E-state index contributed by atoms with van der Waals surface area (Å²) in [4.78, 5) is 11.9. The Morgan fingerprint density at radius 3 is 2.15 bits per heavy atom. The van der Waals surface area contributed by atoms with Gasteiger partial charge in [0.2, 0.25) is 0 Å². The number of carbonyl (C=O) groups excluding carboxylic acids is 1. The molecule has 0 saturated heterocycles. The number of rotatable bonds is 3. The fourth-order valence-electron chi connectivity index (χ4n) is 1.66. The van der Waals surface area contributed by atoms with E-state index in [-0.39, 0.29) is 11.4 Å². The molecule has 108 valence electrons. The van der Waals surface area contributed by atoms with Gasteiger partial charge in [0.15, 0.2) is 0 Å². The Morgan fingerprint density at radius 1 is 1.20 bits per heavy atom. The fraction of sp³-hybridized carbons (Fsp3) is 0.500. The quantitative estimate of drug-likeness (QED) is 0.879. The van der Waals surface area contributed by atoms with Crippen molar-refractivity contribution >= 4 is 11.7 Å². The maximum atomic E-state index is 11.9. The lowest BCUT2D eigenvalue weighted by Crippen LogP contribution is -2.46. The number of hydrogen-bond acceptors (Lipinski definition) is 2. The van der Waals surface area contributed by atoms with E-state index in [2.05, 4.69) is 37.5 Å². The minimum absolute atomic E-state index is 0.0857. The van der Waals surface area contributed by atoms with Gasteiger partial charge in [0.05, 0.1) is 6.07 Å². The van der Waals surface area contributed by atoms with Crippen LogP contribution in [0.2, 0.25) is 0 Å². The summed E-state index contributed by atoms with van der Waals surface area (Å²) in [5.74, 6) is 0. The largest absolute Gasteiger partial charge is 0.320 e. The maximum absolute atomic E-state index is 11.9.